The largest absolute Gasteiger partial charge is 0.466 e. The SMILES string of the molecule is CCCCCCCCCCC(CCCCCCCCCC)CCCOC(=O)CCCCC(O)CN(CC)CCO. The maximum absolute atomic E-state index is 12.2. The zero-order valence-electron chi connectivity index (χ0n) is 27.3. The second kappa shape index (κ2) is 31.3. The van der Waals surface area contributed by atoms with Crippen molar-refractivity contribution in [2.24, 2.45) is 5.92 Å². The molecule has 0 rings (SSSR count). The molecule has 0 aromatic carbocycles. The van der Waals surface area contributed by atoms with Crippen LogP contribution in [0.4, 0.5) is 0 Å². The maximum atomic E-state index is 12.2. The van der Waals surface area contributed by atoms with E-state index in [0.717, 1.165) is 31.7 Å². The molecule has 0 aliphatic heterocycles. The predicted octanol–water partition coefficient (Wildman–Crippen LogP) is 9.22. The van der Waals surface area contributed by atoms with Crippen LogP contribution in [-0.2, 0) is 9.53 Å². The first-order chi connectivity index (χ1) is 19.6. The van der Waals surface area contributed by atoms with Crippen LogP contribution in [0.5, 0.6) is 0 Å². The van der Waals surface area contributed by atoms with Crippen molar-refractivity contribution in [2.45, 2.75) is 181 Å². The van der Waals surface area contributed by atoms with E-state index in [0.29, 0.717) is 32.5 Å². The van der Waals surface area contributed by atoms with Crippen LogP contribution in [0.1, 0.15) is 175 Å². The van der Waals surface area contributed by atoms with Crippen LogP contribution in [0.25, 0.3) is 0 Å². The molecule has 0 heterocycles. The molecule has 0 fully saturated rings. The normalized spacial score (nSPS) is 12.5. The maximum Gasteiger partial charge on any atom is 0.305 e. The van der Waals surface area contributed by atoms with Gasteiger partial charge in [-0.15, -0.1) is 0 Å². The lowest BCUT2D eigenvalue weighted by Gasteiger charge is -2.22. The number of hydrogen-bond donors (Lipinski definition) is 2. The number of unbranched alkanes of at least 4 members (excludes halogenated alkanes) is 15. The third-order valence-electron chi connectivity index (χ3n) is 8.45. The van der Waals surface area contributed by atoms with Crippen molar-refractivity contribution < 1.29 is 19.7 Å². The van der Waals surface area contributed by atoms with Gasteiger partial charge >= 0.3 is 5.97 Å². The van der Waals surface area contributed by atoms with Gasteiger partial charge in [-0.1, -0.05) is 143 Å². The summed E-state index contributed by atoms with van der Waals surface area (Å²) in [6.07, 6.45) is 29.3. The molecule has 2 N–H and O–H groups in total. The van der Waals surface area contributed by atoms with Crippen molar-refractivity contribution in [2.75, 3.05) is 32.8 Å². The Morgan fingerprint density at radius 2 is 1.12 bits per heavy atom. The monoisotopic (exact) mass is 570 g/mol. The van der Waals surface area contributed by atoms with E-state index in [1.165, 1.54) is 122 Å². The Kier molecular flexibility index (Phi) is 30.8. The van der Waals surface area contributed by atoms with Crippen molar-refractivity contribution in [1.82, 2.24) is 4.90 Å². The zero-order valence-corrected chi connectivity index (χ0v) is 27.3. The van der Waals surface area contributed by atoms with Crippen LogP contribution < -0.4 is 0 Å². The van der Waals surface area contributed by atoms with E-state index in [-0.39, 0.29) is 12.6 Å². The first-order valence-corrected chi connectivity index (χ1v) is 17.7. The fraction of sp³-hybridized carbons (Fsp3) is 0.971. The quantitative estimate of drug-likeness (QED) is 0.0624. The van der Waals surface area contributed by atoms with Gasteiger partial charge in [0.1, 0.15) is 0 Å². The van der Waals surface area contributed by atoms with Crippen LogP contribution in [0.3, 0.4) is 0 Å². The summed E-state index contributed by atoms with van der Waals surface area (Å²) < 4.78 is 5.56. The molecule has 0 bridgehead atoms. The van der Waals surface area contributed by atoms with Gasteiger partial charge in [-0.25, -0.2) is 0 Å². The molecule has 0 aromatic heterocycles. The number of likely N-dealkylation sites (N-methyl/N-ethyl adjacent to an activating group) is 1. The van der Waals surface area contributed by atoms with Gasteiger partial charge in [-0.2, -0.15) is 0 Å². The number of aliphatic hydroxyl groups excluding tert-OH is 2. The molecule has 0 aromatic rings. The molecular weight excluding hydrogens is 498 g/mol. The summed E-state index contributed by atoms with van der Waals surface area (Å²) in [7, 11) is 0. The summed E-state index contributed by atoms with van der Waals surface area (Å²) in [5, 5.41) is 19.3. The smallest absolute Gasteiger partial charge is 0.305 e. The molecule has 1 atom stereocenters. The Labute approximate surface area is 250 Å². The van der Waals surface area contributed by atoms with E-state index >= 15 is 0 Å². The number of hydrogen-bond acceptors (Lipinski definition) is 5. The number of esters is 1. The van der Waals surface area contributed by atoms with Gasteiger partial charge in [-0.3, -0.25) is 9.69 Å². The van der Waals surface area contributed by atoms with Crippen LogP contribution in [-0.4, -0.2) is 60.0 Å². The highest BCUT2D eigenvalue weighted by Gasteiger charge is 2.12. The summed E-state index contributed by atoms with van der Waals surface area (Å²) in [6, 6.07) is 0. The van der Waals surface area contributed by atoms with Gasteiger partial charge in [0.05, 0.1) is 19.3 Å². The van der Waals surface area contributed by atoms with Gasteiger partial charge in [0.15, 0.2) is 0 Å². The summed E-state index contributed by atoms with van der Waals surface area (Å²) in [4.78, 5) is 14.2. The van der Waals surface area contributed by atoms with E-state index in [2.05, 4.69) is 18.7 Å². The van der Waals surface area contributed by atoms with Crippen molar-refractivity contribution in [3.8, 4) is 0 Å². The van der Waals surface area contributed by atoms with Gasteiger partial charge in [0, 0.05) is 19.5 Å². The molecule has 0 saturated carbocycles. The Hall–Kier alpha value is -0.650. The molecule has 240 valence electrons. The number of aliphatic hydroxyl groups is 2. The van der Waals surface area contributed by atoms with E-state index in [1.807, 2.05) is 6.92 Å². The molecule has 0 saturated heterocycles. The highest BCUT2D eigenvalue weighted by atomic mass is 16.5. The van der Waals surface area contributed by atoms with E-state index in [9.17, 15) is 9.90 Å². The first-order valence-electron chi connectivity index (χ1n) is 17.7. The minimum Gasteiger partial charge on any atom is -0.466 e. The standard InChI is InChI=1S/C35H71NO4/c1-4-7-9-11-13-15-17-19-24-33(25-20-18-16-14-12-10-8-5-2)26-23-31-40-35(39)28-22-21-27-34(38)32-36(6-3)29-30-37/h33-34,37-38H,4-32H2,1-3H3. The second-order valence-electron chi connectivity index (χ2n) is 12.3. The number of ether oxygens (including phenoxy) is 1. The molecular formula is C35H71NO4. The third-order valence-corrected chi connectivity index (χ3v) is 8.45. The summed E-state index contributed by atoms with van der Waals surface area (Å²) in [6.45, 7) is 9.27. The van der Waals surface area contributed by atoms with Crippen molar-refractivity contribution in [1.29, 1.82) is 0 Å². The van der Waals surface area contributed by atoms with Gasteiger partial charge in [0.25, 0.3) is 0 Å². The zero-order chi connectivity index (χ0) is 29.5. The van der Waals surface area contributed by atoms with Crippen LogP contribution >= 0.6 is 0 Å². The summed E-state index contributed by atoms with van der Waals surface area (Å²) in [5.41, 5.74) is 0. The molecule has 0 aliphatic carbocycles. The number of carbonyl (C=O) groups is 1. The lowest BCUT2D eigenvalue weighted by molar-refractivity contribution is -0.144. The van der Waals surface area contributed by atoms with E-state index in [1.54, 1.807) is 0 Å². The molecule has 0 radical (unpaired) electrons. The van der Waals surface area contributed by atoms with Gasteiger partial charge < -0.3 is 14.9 Å². The van der Waals surface area contributed by atoms with E-state index < -0.39 is 6.10 Å². The lowest BCUT2D eigenvalue weighted by Crippen LogP contribution is -2.34. The molecule has 0 amide bonds. The lowest BCUT2D eigenvalue weighted by atomic mass is 9.90. The Balaban J connectivity index is 4.09. The topological polar surface area (TPSA) is 70.0 Å². The second-order valence-corrected chi connectivity index (χ2v) is 12.3. The van der Waals surface area contributed by atoms with Crippen molar-refractivity contribution >= 4 is 5.97 Å². The Morgan fingerprint density at radius 3 is 1.62 bits per heavy atom. The molecule has 0 aliphatic rings. The van der Waals surface area contributed by atoms with Gasteiger partial charge in [0.2, 0.25) is 0 Å². The number of nitrogens with zero attached hydrogens (tertiary/aromatic N) is 1. The Bertz CT molecular complexity index is 496. The molecule has 1 unspecified atom stereocenters. The van der Waals surface area contributed by atoms with E-state index in [4.69, 9.17) is 9.84 Å². The third kappa shape index (κ3) is 27.5. The average Bonchev–Trinajstić information content (AvgIpc) is 2.95. The highest BCUT2D eigenvalue weighted by Crippen LogP contribution is 2.24. The molecule has 0 spiro atoms. The van der Waals surface area contributed by atoms with Crippen molar-refractivity contribution in [3.63, 3.8) is 0 Å². The molecule has 5 heteroatoms. The number of rotatable bonds is 32. The first kappa shape index (κ1) is 39.4. The Morgan fingerprint density at radius 1 is 0.650 bits per heavy atom. The molecule has 5 nitrogen and oxygen atoms in total. The van der Waals surface area contributed by atoms with Crippen LogP contribution in [0.2, 0.25) is 0 Å². The number of carbonyl (C=O) groups excluding carboxylic acids is 1. The fourth-order valence-electron chi connectivity index (χ4n) is 5.76. The summed E-state index contributed by atoms with van der Waals surface area (Å²) in [5.74, 6) is 0.696. The minimum absolute atomic E-state index is 0.0901. The highest BCUT2D eigenvalue weighted by molar-refractivity contribution is 5.69. The van der Waals surface area contributed by atoms with Gasteiger partial charge in [-0.05, 0) is 38.1 Å². The predicted molar refractivity (Wildman–Crippen MR) is 172 cm³/mol. The van der Waals surface area contributed by atoms with Crippen molar-refractivity contribution in [3.05, 3.63) is 0 Å². The minimum atomic E-state index is -0.401. The molecule has 40 heavy (non-hydrogen) atoms. The van der Waals surface area contributed by atoms with Crippen LogP contribution in [0, 0.1) is 5.92 Å². The summed E-state index contributed by atoms with van der Waals surface area (Å²) >= 11 is 0. The van der Waals surface area contributed by atoms with Crippen LogP contribution in [0.15, 0.2) is 0 Å². The fourth-order valence-corrected chi connectivity index (χ4v) is 5.76. The average molecular weight is 570 g/mol.